The van der Waals surface area contributed by atoms with Crippen molar-refractivity contribution in [1.82, 2.24) is 10.2 Å². The van der Waals surface area contributed by atoms with Crippen molar-refractivity contribution in [2.45, 2.75) is 6.92 Å². The second-order valence-corrected chi connectivity index (χ2v) is 3.81. The molecule has 2 rings (SSSR count). The van der Waals surface area contributed by atoms with Gasteiger partial charge in [0.05, 0.1) is 12.2 Å². The zero-order valence-corrected chi connectivity index (χ0v) is 9.00. The summed E-state index contributed by atoms with van der Waals surface area (Å²) in [5.74, 6) is 0.753. The summed E-state index contributed by atoms with van der Waals surface area (Å²) in [6.45, 7) is 2.51. The third-order valence-electron chi connectivity index (χ3n) is 1.86. The smallest absolute Gasteiger partial charge is 0.322 e. The normalized spacial score (nSPS) is 10.2. The van der Waals surface area contributed by atoms with E-state index in [9.17, 15) is 4.79 Å². The lowest BCUT2D eigenvalue weighted by Gasteiger charge is -2.06. The van der Waals surface area contributed by atoms with Gasteiger partial charge >= 0.3 is 4.87 Å². The summed E-state index contributed by atoms with van der Waals surface area (Å²) in [7, 11) is 0. The van der Waals surface area contributed by atoms with Crippen molar-refractivity contribution in [3.63, 3.8) is 0 Å². The van der Waals surface area contributed by atoms with E-state index in [2.05, 4.69) is 10.2 Å². The number of hydrogen-bond donors (Lipinski definition) is 1. The second kappa shape index (κ2) is 4.27. The first-order valence-corrected chi connectivity index (χ1v) is 5.40. The van der Waals surface area contributed by atoms with E-state index >= 15 is 0 Å². The topological polar surface area (TPSA) is 55.0 Å². The third-order valence-corrected chi connectivity index (χ3v) is 2.64. The molecule has 0 atom stereocenters. The molecule has 1 aromatic heterocycles. The highest BCUT2D eigenvalue weighted by molar-refractivity contribution is 7.12. The van der Waals surface area contributed by atoms with Gasteiger partial charge in [-0.1, -0.05) is 23.5 Å². The molecule has 5 heteroatoms. The largest absolute Gasteiger partial charge is 0.493 e. The molecule has 0 saturated heterocycles. The van der Waals surface area contributed by atoms with Gasteiger partial charge < -0.3 is 4.74 Å². The molecule has 0 radical (unpaired) electrons. The Bertz CT molecular complexity index is 504. The highest BCUT2D eigenvalue weighted by atomic mass is 32.1. The quantitative estimate of drug-likeness (QED) is 0.862. The van der Waals surface area contributed by atoms with Gasteiger partial charge in [0.1, 0.15) is 5.75 Å². The number of H-pyrrole nitrogens is 1. The molecule has 4 nitrogen and oxygen atoms in total. The summed E-state index contributed by atoms with van der Waals surface area (Å²) < 4.78 is 5.45. The zero-order chi connectivity index (χ0) is 10.7. The van der Waals surface area contributed by atoms with E-state index in [1.165, 1.54) is 0 Å². The van der Waals surface area contributed by atoms with E-state index in [1.807, 2.05) is 31.2 Å². The lowest BCUT2D eigenvalue weighted by Crippen LogP contribution is -1.93. The molecule has 0 amide bonds. The number of nitrogens with one attached hydrogen (secondary N) is 1. The molecule has 1 N–H and O–H groups in total. The molecule has 2 aromatic rings. The van der Waals surface area contributed by atoms with Crippen LogP contribution < -0.4 is 9.61 Å². The number of hydrogen-bond acceptors (Lipinski definition) is 4. The Labute approximate surface area is 90.5 Å². The monoisotopic (exact) mass is 222 g/mol. The Balaban J connectivity index is 2.47. The van der Waals surface area contributed by atoms with Crippen molar-refractivity contribution >= 4 is 11.3 Å². The molecular formula is C10H10N2O2S. The molecule has 1 aromatic carbocycles. The molecule has 0 aliphatic carbocycles. The first kappa shape index (κ1) is 9.92. The van der Waals surface area contributed by atoms with Crippen LogP contribution in [0.4, 0.5) is 0 Å². The van der Waals surface area contributed by atoms with E-state index in [1.54, 1.807) is 0 Å². The van der Waals surface area contributed by atoms with Crippen molar-refractivity contribution in [2.24, 2.45) is 0 Å². The summed E-state index contributed by atoms with van der Waals surface area (Å²) in [5, 5.41) is 6.98. The van der Waals surface area contributed by atoms with Crippen LogP contribution in [0.25, 0.3) is 10.6 Å². The summed E-state index contributed by atoms with van der Waals surface area (Å²) in [5.41, 5.74) is 0.850. The molecule has 0 unspecified atom stereocenters. The number of aromatic amines is 1. The molecule has 1 heterocycles. The average molecular weight is 222 g/mol. The van der Waals surface area contributed by atoms with E-state index < -0.39 is 0 Å². The molecule has 0 spiro atoms. The maximum absolute atomic E-state index is 11.0. The molecule has 0 bridgehead atoms. The van der Waals surface area contributed by atoms with Crippen molar-refractivity contribution in [3.8, 4) is 16.3 Å². The summed E-state index contributed by atoms with van der Waals surface area (Å²) in [6, 6.07) is 7.54. The maximum atomic E-state index is 11.0. The van der Waals surface area contributed by atoms with Crippen LogP contribution in [0.5, 0.6) is 5.75 Å². The highest BCUT2D eigenvalue weighted by Gasteiger charge is 2.08. The fraction of sp³-hybridized carbons (Fsp3) is 0.200. The number of nitrogens with zero attached hydrogens (tertiary/aromatic N) is 1. The van der Waals surface area contributed by atoms with Gasteiger partial charge in [-0.25, -0.2) is 5.10 Å². The predicted molar refractivity (Wildman–Crippen MR) is 59.3 cm³/mol. The summed E-state index contributed by atoms with van der Waals surface area (Å²) in [4.78, 5) is 10.8. The molecule has 0 fully saturated rings. The Morgan fingerprint density at radius 1 is 1.47 bits per heavy atom. The van der Waals surface area contributed by atoms with Gasteiger partial charge in [0.25, 0.3) is 0 Å². The van der Waals surface area contributed by atoms with Crippen LogP contribution in [-0.4, -0.2) is 16.8 Å². The number of ether oxygens (including phenoxy) is 1. The van der Waals surface area contributed by atoms with Gasteiger partial charge in [-0.15, -0.1) is 0 Å². The second-order valence-electron chi connectivity index (χ2n) is 2.85. The van der Waals surface area contributed by atoms with Crippen LogP contribution in [0.2, 0.25) is 0 Å². The molecule has 0 aliphatic rings. The fourth-order valence-corrected chi connectivity index (χ4v) is 1.91. The first-order valence-electron chi connectivity index (χ1n) is 4.59. The molecule has 0 saturated carbocycles. The lowest BCUT2D eigenvalue weighted by molar-refractivity contribution is 0.341. The van der Waals surface area contributed by atoms with E-state index in [-0.39, 0.29) is 4.87 Å². The highest BCUT2D eigenvalue weighted by Crippen LogP contribution is 2.29. The van der Waals surface area contributed by atoms with Gasteiger partial charge in [-0.05, 0) is 19.1 Å². The third kappa shape index (κ3) is 2.07. The fourth-order valence-electron chi connectivity index (χ4n) is 1.27. The number of aromatic nitrogens is 2. The molecule has 15 heavy (non-hydrogen) atoms. The number of benzene rings is 1. The average Bonchev–Trinajstić information content (AvgIpc) is 2.66. The van der Waals surface area contributed by atoms with Crippen molar-refractivity contribution in [1.29, 1.82) is 0 Å². The van der Waals surface area contributed by atoms with E-state index in [4.69, 9.17) is 4.74 Å². The van der Waals surface area contributed by atoms with Crippen LogP contribution >= 0.6 is 11.3 Å². The standard InChI is InChI=1S/C10H10N2O2S/c1-2-14-8-6-4-3-5-7(8)9-11-12-10(13)15-9/h3-6H,2H2,1H3,(H,12,13). The van der Waals surface area contributed by atoms with Gasteiger partial charge in [0, 0.05) is 0 Å². The van der Waals surface area contributed by atoms with Gasteiger partial charge in [0.15, 0.2) is 5.01 Å². The van der Waals surface area contributed by atoms with Crippen molar-refractivity contribution < 1.29 is 4.74 Å². The Hall–Kier alpha value is -1.62. The minimum atomic E-state index is -0.156. The van der Waals surface area contributed by atoms with Crippen molar-refractivity contribution in [2.75, 3.05) is 6.61 Å². The Morgan fingerprint density at radius 3 is 2.93 bits per heavy atom. The maximum Gasteiger partial charge on any atom is 0.322 e. The molecular weight excluding hydrogens is 212 g/mol. The van der Waals surface area contributed by atoms with E-state index in [0.29, 0.717) is 11.6 Å². The van der Waals surface area contributed by atoms with Crippen LogP contribution in [0.3, 0.4) is 0 Å². The number of rotatable bonds is 3. The van der Waals surface area contributed by atoms with E-state index in [0.717, 1.165) is 22.6 Å². The van der Waals surface area contributed by atoms with Crippen LogP contribution in [0.15, 0.2) is 29.1 Å². The number of para-hydroxylation sites is 1. The first-order chi connectivity index (χ1) is 7.31. The van der Waals surface area contributed by atoms with Crippen molar-refractivity contribution in [3.05, 3.63) is 33.9 Å². The summed E-state index contributed by atoms with van der Waals surface area (Å²) in [6.07, 6.45) is 0. The van der Waals surface area contributed by atoms with Gasteiger partial charge in [-0.2, -0.15) is 5.10 Å². The van der Waals surface area contributed by atoms with Gasteiger partial charge in [0.2, 0.25) is 0 Å². The Morgan fingerprint density at radius 2 is 2.27 bits per heavy atom. The Kier molecular flexibility index (Phi) is 2.82. The summed E-state index contributed by atoms with van der Waals surface area (Å²) >= 11 is 1.08. The van der Waals surface area contributed by atoms with Crippen LogP contribution in [0.1, 0.15) is 6.92 Å². The molecule has 78 valence electrons. The van der Waals surface area contributed by atoms with Crippen LogP contribution in [0, 0.1) is 0 Å². The minimum absolute atomic E-state index is 0.156. The SMILES string of the molecule is CCOc1ccccc1-c1n[nH]c(=O)s1. The van der Waals surface area contributed by atoms with Gasteiger partial charge in [-0.3, -0.25) is 4.79 Å². The lowest BCUT2D eigenvalue weighted by atomic mass is 10.2. The predicted octanol–water partition coefficient (Wildman–Crippen LogP) is 1.90. The zero-order valence-electron chi connectivity index (χ0n) is 8.19. The van der Waals surface area contributed by atoms with Crippen LogP contribution in [-0.2, 0) is 0 Å². The molecule has 0 aliphatic heterocycles. The minimum Gasteiger partial charge on any atom is -0.493 e.